The van der Waals surface area contributed by atoms with E-state index < -0.39 is 0 Å². The summed E-state index contributed by atoms with van der Waals surface area (Å²) in [4.78, 5) is 13.1. The summed E-state index contributed by atoms with van der Waals surface area (Å²) in [7, 11) is 1.78. The number of rotatable bonds is 7. The number of benzene rings is 3. The van der Waals surface area contributed by atoms with E-state index in [-0.39, 0.29) is 0 Å². The fourth-order valence-electron chi connectivity index (χ4n) is 4.25. The molecule has 8 nitrogen and oxygen atoms in total. The molecule has 0 unspecified atom stereocenters. The maximum Gasteiger partial charge on any atom is 0.228 e. The normalized spacial score (nSPS) is 10.9. The number of anilines is 3. The minimum atomic E-state index is 0.451. The van der Waals surface area contributed by atoms with Crippen LogP contribution in [0.25, 0.3) is 33.3 Å². The van der Waals surface area contributed by atoms with Gasteiger partial charge in [0, 0.05) is 50.1 Å². The monoisotopic (exact) mass is 657 g/mol. The van der Waals surface area contributed by atoms with Crippen molar-refractivity contribution in [2.45, 2.75) is 0 Å². The van der Waals surface area contributed by atoms with Gasteiger partial charge in [-0.3, -0.25) is 0 Å². The van der Waals surface area contributed by atoms with Crippen LogP contribution in [-0.4, -0.2) is 32.2 Å². The third kappa shape index (κ3) is 5.38. The van der Waals surface area contributed by atoms with Gasteiger partial charge in [0.15, 0.2) is 5.82 Å². The molecule has 0 atom stereocenters. The third-order valence-electron chi connectivity index (χ3n) is 6.11. The van der Waals surface area contributed by atoms with E-state index in [0.717, 1.165) is 36.9 Å². The lowest BCUT2D eigenvalue weighted by Crippen LogP contribution is -2.00. The highest BCUT2D eigenvalue weighted by molar-refractivity contribution is 14.1. The lowest BCUT2D eigenvalue weighted by Gasteiger charge is -2.13. The molecule has 0 saturated carbocycles. The van der Waals surface area contributed by atoms with Crippen LogP contribution in [0.1, 0.15) is 0 Å². The molecule has 6 rings (SSSR count). The van der Waals surface area contributed by atoms with Crippen molar-refractivity contribution in [3.8, 4) is 34.1 Å². The topological polar surface area (TPSA) is 97.7 Å². The zero-order chi connectivity index (χ0) is 27.5. The van der Waals surface area contributed by atoms with Crippen LogP contribution in [0, 0.1) is 3.57 Å². The largest absolute Gasteiger partial charge is 0.438 e. The van der Waals surface area contributed by atoms with Crippen LogP contribution < -0.4 is 15.4 Å². The molecule has 2 N–H and O–H groups in total. The smallest absolute Gasteiger partial charge is 0.228 e. The number of halogens is 2. The van der Waals surface area contributed by atoms with Crippen molar-refractivity contribution in [1.82, 2.24) is 25.1 Å². The van der Waals surface area contributed by atoms with Gasteiger partial charge in [-0.25, -0.2) is 15.0 Å². The van der Waals surface area contributed by atoms with E-state index >= 15 is 0 Å². The number of fused-ring (bicyclic) bond motifs is 1. The maximum absolute atomic E-state index is 6.26. The van der Waals surface area contributed by atoms with Gasteiger partial charge in [0.05, 0.1) is 11.3 Å². The molecule has 3 aromatic heterocycles. The van der Waals surface area contributed by atoms with Crippen molar-refractivity contribution in [1.29, 1.82) is 0 Å². The second-order valence-electron chi connectivity index (χ2n) is 8.69. The van der Waals surface area contributed by atoms with Crippen molar-refractivity contribution in [3.05, 3.63) is 106 Å². The first kappa shape index (κ1) is 25.9. The fraction of sp³-hybridized carbons (Fsp3) is 0.0333. The van der Waals surface area contributed by atoms with E-state index in [4.69, 9.17) is 16.3 Å². The molecule has 6 aromatic rings. The van der Waals surface area contributed by atoms with Crippen LogP contribution in [0.15, 0.2) is 97.3 Å². The molecule has 0 fully saturated rings. The summed E-state index contributed by atoms with van der Waals surface area (Å²) < 4.78 is 7.22. The predicted octanol–water partition coefficient (Wildman–Crippen LogP) is 7.98. The van der Waals surface area contributed by atoms with Gasteiger partial charge in [-0.15, -0.1) is 10.2 Å². The molecule has 0 saturated heterocycles. The Kier molecular flexibility index (Phi) is 7.39. The SMILES string of the molecule is CNc1nccc(-c2cccnc2Oc2ccc(Nc3nnc(-c4cccc(Cl)c4)c4c(I)cccc34)cc2)n1. The highest BCUT2D eigenvalue weighted by Crippen LogP contribution is 2.36. The Labute approximate surface area is 249 Å². The third-order valence-corrected chi connectivity index (χ3v) is 7.25. The summed E-state index contributed by atoms with van der Waals surface area (Å²) in [5.41, 5.74) is 4.02. The summed E-state index contributed by atoms with van der Waals surface area (Å²) in [5.74, 6) is 2.26. The highest BCUT2D eigenvalue weighted by atomic mass is 127. The molecule has 3 aromatic carbocycles. The van der Waals surface area contributed by atoms with Crippen LogP contribution in [0.4, 0.5) is 17.5 Å². The number of aromatic nitrogens is 5. The molecule has 10 heteroatoms. The van der Waals surface area contributed by atoms with E-state index in [9.17, 15) is 0 Å². The molecule has 0 spiro atoms. The van der Waals surface area contributed by atoms with Crippen molar-refractivity contribution < 1.29 is 4.74 Å². The minimum Gasteiger partial charge on any atom is -0.438 e. The van der Waals surface area contributed by atoms with Crippen molar-refractivity contribution in [2.24, 2.45) is 0 Å². The number of nitrogens with one attached hydrogen (secondary N) is 2. The Bertz CT molecular complexity index is 1830. The average Bonchev–Trinajstić information content (AvgIpc) is 2.99. The minimum absolute atomic E-state index is 0.451. The molecule has 0 aliphatic rings. The van der Waals surface area contributed by atoms with Crippen LogP contribution in [-0.2, 0) is 0 Å². The summed E-state index contributed by atoms with van der Waals surface area (Å²) >= 11 is 8.59. The molecule has 0 bridgehead atoms. The van der Waals surface area contributed by atoms with Gasteiger partial charge in [-0.05, 0) is 83.3 Å². The Hall–Kier alpha value is -4.35. The second-order valence-corrected chi connectivity index (χ2v) is 10.3. The second kappa shape index (κ2) is 11.4. The predicted molar refractivity (Wildman–Crippen MR) is 167 cm³/mol. The van der Waals surface area contributed by atoms with Crippen molar-refractivity contribution in [2.75, 3.05) is 17.7 Å². The zero-order valence-corrected chi connectivity index (χ0v) is 24.1. The highest BCUT2D eigenvalue weighted by Gasteiger charge is 2.15. The standard InChI is InChI=1S/C30H21ClIN7O/c1-33-30-35-16-14-25(37-30)22-8-4-15-34-29(22)40-21-12-10-20(11-13-21)36-28-23-7-3-9-24(32)26(23)27(38-39-28)18-5-2-6-19(31)17-18/h2-17H,1H3,(H,36,39)(H,33,35,37). The molecule has 40 heavy (non-hydrogen) atoms. The maximum atomic E-state index is 6.26. The molecular formula is C30H21ClIN7O. The van der Waals surface area contributed by atoms with Crippen LogP contribution in [0.3, 0.4) is 0 Å². The molecule has 0 amide bonds. The number of nitrogens with zero attached hydrogens (tertiary/aromatic N) is 5. The van der Waals surface area contributed by atoms with Crippen molar-refractivity contribution in [3.63, 3.8) is 0 Å². The Morgan fingerprint density at radius 3 is 2.52 bits per heavy atom. The van der Waals surface area contributed by atoms with Gasteiger partial charge in [0.1, 0.15) is 11.4 Å². The van der Waals surface area contributed by atoms with Gasteiger partial charge in [-0.2, -0.15) is 0 Å². The summed E-state index contributed by atoms with van der Waals surface area (Å²) in [5, 5.41) is 18.1. The molecule has 0 aliphatic heterocycles. The van der Waals surface area contributed by atoms with Crippen LogP contribution in [0.2, 0.25) is 5.02 Å². The van der Waals surface area contributed by atoms with E-state index in [0.29, 0.717) is 34.1 Å². The quantitative estimate of drug-likeness (QED) is 0.167. The van der Waals surface area contributed by atoms with Crippen LogP contribution >= 0.6 is 34.2 Å². The van der Waals surface area contributed by atoms with Gasteiger partial charge < -0.3 is 15.4 Å². The first-order chi connectivity index (χ1) is 19.6. The number of hydrogen-bond donors (Lipinski definition) is 2. The lowest BCUT2D eigenvalue weighted by molar-refractivity contribution is 0.465. The zero-order valence-electron chi connectivity index (χ0n) is 21.1. The number of hydrogen-bond acceptors (Lipinski definition) is 8. The van der Waals surface area contributed by atoms with E-state index in [1.54, 1.807) is 19.4 Å². The van der Waals surface area contributed by atoms with Crippen LogP contribution in [0.5, 0.6) is 11.6 Å². The van der Waals surface area contributed by atoms with Gasteiger partial charge in [-0.1, -0.05) is 35.9 Å². The first-order valence-electron chi connectivity index (χ1n) is 12.3. The van der Waals surface area contributed by atoms with E-state index in [1.165, 1.54) is 0 Å². The van der Waals surface area contributed by atoms with Crippen molar-refractivity contribution >= 4 is 62.4 Å². The summed E-state index contributed by atoms with van der Waals surface area (Å²) in [6.07, 6.45) is 3.38. The van der Waals surface area contributed by atoms with E-state index in [2.05, 4.69) is 64.4 Å². The average molecular weight is 658 g/mol. The number of pyridine rings is 1. The van der Waals surface area contributed by atoms with Gasteiger partial charge in [0.2, 0.25) is 11.8 Å². The Morgan fingerprint density at radius 1 is 0.850 bits per heavy atom. The molecular weight excluding hydrogens is 637 g/mol. The van der Waals surface area contributed by atoms with E-state index in [1.807, 2.05) is 78.9 Å². The van der Waals surface area contributed by atoms with Gasteiger partial charge in [0.25, 0.3) is 0 Å². The molecule has 0 aliphatic carbocycles. The molecule has 196 valence electrons. The summed E-state index contributed by atoms with van der Waals surface area (Å²) in [6.45, 7) is 0. The Balaban J connectivity index is 1.27. The first-order valence-corrected chi connectivity index (χ1v) is 13.8. The molecule has 0 radical (unpaired) electrons. The summed E-state index contributed by atoms with van der Waals surface area (Å²) in [6, 6.07) is 26.9. The molecule has 3 heterocycles. The number of ether oxygens (including phenoxy) is 1. The van der Waals surface area contributed by atoms with Gasteiger partial charge >= 0.3 is 0 Å². The lowest BCUT2D eigenvalue weighted by atomic mass is 10.0. The fourth-order valence-corrected chi connectivity index (χ4v) is 5.19. The Morgan fingerprint density at radius 2 is 1.70 bits per heavy atom.